The maximum Gasteiger partial charge on any atom is 0.284 e. The number of halogens is 2. The van der Waals surface area contributed by atoms with Crippen molar-refractivity contribution in [3.63, 3.8) is 0 Å². The van der Waals surface area contributed by atoms with Crippen molar-refractivity contribution in [3.05, 3.63) is 65.9 Å². The highest BCUT2D eigenvalue weighted by Crippen LogP contribution is 2.23. The molecule has 2 aromatic carbocycles. The maximum absolute atomic E-state index is 13.0. The van der Waals surface area contributed by atoms with Crippen LogP contribution < -0.4 is 0 Å². The smallest absolute Gasteiger partial charge is 0.207 e. The largest absolute Gasteiger partial charge is 0.284 e. The van der Waals surface area contributed by atoms with Crippen LogP contribution in [-0.4, -0.2) is 22.8 Å². The molecule has 0 atom stereocenters. The van der Waals surface area contributed by atoms with E-state index in [1.54, 1.807) is 6.92 Å². The van der Waals surface area contributed by atoms with Crippen molar-refractivity contribution in [1.29, 1.82) is 0 Å². The molecule has 0 bridgehead atoms. The van der Waals surface area contributed by atoms with E-state index in [0.29, 0.717) is 11.3 Å². The minimum Gasteiger partial charge on any atom is -0.207 e. The van der Waals surface area contributed by atoms with Gasteiger partial charge in [-0.1, -0.05) is 5.21 Å². The predicted molar refractivity (Wildman–Crippen MR) is 79.1 cm³/mol. The fraction of sp³-hybridized carbons (Fsp3) is 0.0667. The van der Waals surface area contributed by atoms with E-state index in [2.05, 4.69) is 10.3 Å². The van der Waals surface area contributed by atoms with Crippen LogP contribution in [0.15, 0.2) is 53.4 Å². The van der Waals surface area contributed by atoms with Gasteiger partial charge in [0.2, 0.25) is 0 Å². The van der Waals surface area contributed by atoms with Gasteiger partial charge in [-0.2, -0.15) is 8.42 Å². The Morgan fingerprint density at radius 3 is 2.00 bits per heavy atom. The lowest BCUT2D eigenvalue weighted by Crippen LogP contribution is -2.16. The summed E-state index contributed by atoms with van der Waals surface area (Å²) in [5.41, 5.74) is 1.15. The summed E-state index contributed by atoms with van der Waals surface area (Å²) in [6.07, 6.45) is 0. The fourth-order valence-corrected chi connectivity index (χ4v) is 3.38. The van der Waals surface area contributed by atoms with Gasteiger partial charge in [0.15, 0.2) is 0 Å². The Bertz CT molecular complexity index is 949. The van der Waals surface area contributed by atoms with Crippen LogP contribution in [0, 0.1) is 18.6 Å². The zero-order chi connectivity index (χ0) is 16.6. The monoisotopic (exact) mass is 335 g/mol. The first-order valence-electron chi connectivity index (χ1n) is 6.59. The SMILES string of the molecule is Cc1c(-c2ccc(F)cc2)nnn1S(=O)(=O)c1ccc(F)cc1. The zero-order valence-electron chi connectivity index (χ0n) is 11.9. The molecular formula is C15H11F2N3O2S. The van der Waals surface area contributed by atoms with Crippen LogP contribution >= 0.6 is 0 Å². The van der Waals surface area contributed by atoms with E-state index in [1.165, 1.54) is 24.3 Å². The highest BCUT2D eigenvalue weighted by atomic mass is 32.2. The second-order valence-electron chi connectivity index (χ2n) is 4.83. The quantitative estimate of drug-likeness (QED) is 0.738. The summed E-state index contributed by atoms with van der Waals surface area (Å²) in [6.45, 7) is 1.54. The number of rotatable bonds is 3. The molecule has 118 valence electrons. The molecule has 0 aliphatic carbocycles. The van der Waals surface area contributed by atoms with E-state index in [1.807, 2.05) is 0 Å². The molecule has 3 aromatic rings. The van der Waals surface area contributed by atoms with Gasteiger partial charge in [-0.15, -0.1) is 9.19 Å². The molecule has 8 heteroatoms. The van der Waals surface area contributed by atoms with Crippen molar-refractivity contribution in [1.82, 2.24) is 14.4 Å². The molecule has 0 saturated carbocycles. The van der Waals surface area contributed by atoms with Gasteiger partial charge in [0.1, 0.15) is 17.3 Å². The summed E-state index contributed by atoms with van der Waals surface area (Å²) in [6, 6.07) is 9.90. The van der Waals surface area contributed by atoms with Crippen LogP contribution in [0.4, 0.5) is 8.78 Å². The molecule has 0 aliphatic heterocycles. The molecule has 3 rings (SSSR count). The van der Waals surface area contributed by atoms with Crippen LogP contribution in [0.25, 0.3) is 11.3 Å². The van der Waals surface area contributed by atoms with Crippen molar-refractivity contribution in [2.24, 2.45) is 0 Å². The Kier molecular flexibility index (Phi) is 3.69. The molecule has 1 aromatic heterocycles. The number of benzene rings is 2. The zero-order valence-corrected chi connectivity index (χ0v) is 12.8. The average Bonchev–Trinajstić information content (AvgIpc) is 2.91. The summed E-state index contributed by atoms with van der Waals surface area (Å²) in [5, 5.41) is 7.54. The standard InChI is InChI=1S/C15H11F2N3O2S/c1-10-15(11-2-4-12(16)5-3-11)18-19-20(10)23(21,22)14-8-6-13(17)7-9-14/h2-9H,1H3. The first-order valence-corrected chi connectivity index (χ1v) is 8.03. The minimum atomic E-state index is -3.98. The second-order valence-corrected chi connectivity index (χ2v) is 6.60. The number of hydrogen-bond acceptors (Lipinski definition) is 4. The molecule has 0 fully saturated rings. The Morgan fingerprint density at radius 1 is 0.913 bits per heavy atom. The summed E-state index contributed by atoms with van der Waals surface area (Å²) in [4.78, 5) is -0.0995. The van der Waals surface area contributed by atoms with Crippen molar-refractivity contribution < 1.29 is 17.2 Å². The molecule has 0 spiro atoms. The Morgan fingerprint density at radius 2 is 1.43 bits per heavy atom. The summed E-state index contributed by atoms with van der Waals surface area (Å²) >= 11 is 0. The number of aromatic nitrogens is 3. The van der Waals surface area contributed by atoms with Gasteiger partial charge in [-0.3, -0.25) is 0 Å². The fourth-order valence-electron chi connectivity index (χ4n) is 2.12. The van der Waals surface area contributed by atoms with Gasteiger partial charge in [-0.25, -0.2) is 8.78 Å². The Labute approximate surface area is 131 Å². The Hall–Kier alpha value is -2.61. The lowest BCUT2D eigenvalue weighted by Gasteiger charge is -2.06. The van der Waals surface area contributed by atoms with E-state index in [0.717, 1.165) is 28.4 Å². The second kappa shape index (κ2) is 5.54. The molecule has 0 amide bonds. The first-order chi connectivity index (χ1) is 10.9. The summed E-state index contributed by atoms with van der Waals surface area (Å²) in [5.74, 6) is -0.941. The van der Waals surface area contributed by atoms with Gasteiger partial charge in [0.05, 0.1) is 10.6 Å². The van der Waals surface area contributed by atoms with Crippen molar-refractivity contribution in [2.75, 3.05) is 0 Å². The third-order valence-electron chi connectivity index (χ3n) is 3.31. The van der Waals surface area contributed by atoms with Crippen LogP contribution in [0.2, 0.25) is 0 Å². The molecule has 23 heavy (non-hydrogen) atoms. The van der Waals surface area contributed by atoms with Crippen LogP contribution in [0.3, 0.4) is 0 Å². The highest BCUT2D eigenvalue weighted by Gasteiger charge is 2.23. The molecular weight excluding hydrogens is 324 g/mol. The van der Waals surface area contributed by atoms with E-state index < -0.39 is 21.7 Å². The van der Waals surface area contributed by atoms with Crippen LogP contribution in [-0.2, 0) is 10.0 Å². The number of hydrogen-bond donors (Lipinski definition) is 0. The average molecular weight is 335 g/mol. The first kappa shape index (κ1) is 15.3. The summed E-state index contributed by atoms with van der Waals surface area (Å²) < 4.78 is 51.8. The van der Waals surface area contributed by atoms with E-state index in [9.17, 15) is 17.2 Å². The van der Waals surface area contributed by atoms with Gasteiger partial charge >= 0.3 is 0 Å². The lowest BCUT2D eigenvalue weighted by atomic mass is 10.1. The van der Waals surface area contributed by atoms with Crippen molar-refractivity contribution >= 4 is 10.0 Å². The Balaban J connectivity index is 2.08. The van der Waals surface area contributed by atoms with Gasteiger partial charge < -0.3 is 0 Å². The minimum absolute atomic E-state index is 0.0995. The predicted octanol–water partition coefficient (Wildman–Crippen LogP) is 2.77. The van der Waals surface area contributed by atoms with Gasteiger partial charge in [0, 0.05) is 5.56 Å². The normalized spacial score (nSPS) is 11.6. The third-order valence-corrected chi connectivity index (χ3v) is 4.98. The molecule has 0 aliphatic rings. The van der Waals surface area contributed by atoms with Gasteiger partial charge in [-0.05, 0) is 55.5 Å². The molecule has 5 nitrogen and oxygen atoms in total. The summed E-state index contributed by atoms with van der Waals surface area (Å²) in [7, 11) is -3.98. The number of nitrogens with zero attached hydrogens (tertiary/aromatic N) is 3. The third kappa shape index (κ3) is 2.72. The molecule has 0 saturated heterocycles. The maximum atomic E-state index is 13.0. The van der Waals surface area contributed by atoms with Crippen LogP contribution in [0.1, 0.15) is 5.69 Å². The molecule has 0 unspecified atom stereocenters. The van der Waals surface area contributed by atoms with E-state index in [-0.39, 0.29) is 10.6 Å². The molecule has 1 heterocycles. The van der Waals surface area contributed by atoms with Crippen LogP contribution in [0.5, 0.6) is 0 Å². The molecule has 0 N–H and O–H groups in total. The van der Waals surface area contributed by atoms with Gasteiger partial charge in [0.25, 0.3) is 10.0 Å². The van der Waals surface area contributed by atoms with Crippen molar-refractivity contribution in [3.8, 4) is 11.3 Å². The van der Waals surface area contributed by atoms with Crippen molar-refractivity contribution in [2.45, 2.75) is 11.8 Å². The lowest BCUT2D eigenvalue weighted by molar-refractivity contribution is 0.574. The van der Waals surface area contributed by atoms with E-state index >= 15 is 0 Å². The highest BCUT2D eigenvalue weighted by molar-refractivity contribution is 7.89. The topological polar surface area (TPSA) is 64.8 Å². The van der Waals surface area contributed by atoms with E-state index in [4.69, 9.17) is 0 Å². The molecule has 0 radical (unpaired) electrons.